The average Bonchev–Trinajstić information content (AvgIpc) is 2.54. The summed E-state index contributed by atoms with van der Waals surface area (Å²) >= 11 is 0. The van der Waals surface area contributed by atoms with Crippen molar-refractivity contribution in [1.82, 2.24) is 0 Å². The Morgan fingerprint density at radius 1 is 0.935 bits per heavy atom. The van der Waals surface area contributed by atoms with Gasteiger partial charge in [-0.05, 0) is 55.7 Å². The van der Waals surface area contributed by atoms with Crippen LogP contribution in [0.1, 0.15) is 59.3 Å². The minimum absolute atomic E-state index is 0.173. The summed E-state index contributed by atoms with van der Waals surface area (Å²) in [6, 6.07) is 0. The van der Waals surface area contributed by atoms with E-state index in [-0.39, 0.29) is 17.6 Å². The van der Waals surface area contributed by atoms with E-state index in [0.29, 0.717) is 31.6 Å². The van der Waals surface area contributed by atoms with Crippen LogP contribution in [0.3, 0.4) is 0 Å². The van der Waals surface area contributed by atoms with E-state index < -0.39 is 27.6 Å². The SMILES string of the molecule is C#CCC1(O)CC(CO)C1.CC(C)(C)[Si](C)(C)OCC1CC(O)(CC#C[Si](C)(C)C)C1. The highest BCUT2D eigenvalue weighted by molar-refractivity contribution is 6.83. The fraction of sp³-hybridized carbons (Fsp3) is 0.840. The van der Waals surface area contributed by atoms with Crippen LogP contribution in [-0.2, 0) is 4.43 Å². The first-order valence-electron chi connectivity index (χ1n) is 11.6. The number of rotatable bonds is 6. The van der Waals surface area contributed by atoms with Gasteiger partial charge in [-0.25, -0.2) is 0 Å². The molecule has 3 N–H and O–H groups in total. The van der Waals surface area contributed by atoms with Crippen LogP contribution in [-0.4, -0.2) is 56.1 Å². The molecule has 0 saturated heterocycles. The van der Waals surface area contributed by atoms with Crippen molar-refractivity contribution >= 4 is 16.4 Å². The van der Waals surface area contributed by atoms with Crippen LogP contribution < -0.4 is 0 Å². The van der Waals surface area contributed by atoms with Crippen molar-refractivity contribution in [2.24, 2.45) is 11.8 Å². The van der Waals surface area contributed by atoms with Gasteiger partial charge in [-0.1, -0.05) is 40.4 Å². The first kappa shape index (κ1) is 28.4. The standard InChI is InChI=1S/C17H34O2Si2.C8H12O2/c1-16(2,3)21(7,8)19-14-15-12-17(18,13-15)10-9-11-20(4,5)6;1-2-3-8(10)4-7(5-8)6-9/h15,18H,10,12-14H2,1-8H3;1,7,9-10H,3-6H2. The van der Waals surface area contributed by atoms with Crippen molar-refractivity contribution < 1.29 is 19.7 Å². The van der Waals surface area contributed by atoms with Crippen LogP contribution in [0.25, 0.3) is 0 Å². The molecule has 0 atom stereocenters. The molecule has 31 heavy (non-hydrogen) atoms. The zero-order valence-electron chi connectivity index (χ0n) is 21.1. The molecule has 0 bridgehead atoms. The first-order chi connectivity index (χ1) is 13.9. The third-order valence-electron chi connectivity index (χ3n) is 6.73. The molecule has 0 aromatic carbocycles. The Balaban J connectivity index is 0.000000399. The Labute approximate surface area is 193 Å². The second-order valence-electron chi connectivity index (χ2n) is 12.4. The van der Waals surface area contributed by atoms with E-state index in [9.17, 15) is 10.2 Å². The lowest BCUT2D eigenvalue weighted by Gasteiger charge is -2.45. The van der Waals surface area contributed by atoms with Gasteiger partial charge >= 0.3 is 0 Å². The molecule has 4 nitrogen and oxygen atoms in total. The summed E-state index contributed by atoms with van der Waals surface area (Å²) in [6.45, 7) is 19.1. The van der Waals surface area contributed by atoms with Crippen LogP contribution in [0.15, 0.2) is 0 Å². The molecule has 6 heteroatoms. The van der Waals surface area contributed by atoms with Crippen LogP contribution >= 0.6 is 0 Å². The van der Waals surface area contributed by atoms with Crippen molar-refractivity contribution in [3.8, 4) is 23.8 Å². The maximum atomic E-state index is 10.4. The molecular weight excluding hydrogens is 420 g/mol. The Morgan fingerprint density at radius 3 is 1.84 bits per heavy atom. The smallest absolute Gasteiger partial charge is 0.191 e. The highest BCUT2D eigenvalue weighted by Gasteiger charge is 2.44. The normalized spacial score (nSPS) is 30.5. The molecule has 0 unspecified atom stereocenters. The average molecular weight is 467 g/mol. The molecule has 2 aliphatic carbocycles. The molecule has 2 saturated carbocycles. The van der Waals surface area contributed by atoms with Gasteiger partial charge in [0.1, 0.15) is 8.07 Å². The predicted molar refractivity (Wildman–Crippen MR) is 135 cm³/mol. The van der Waals surface area contributed by atoms with Gasteiger partial charge < -0.3 is 19.7 Å². The molecule has 178 valence electrons. The Bertz CT molecular complexity index is 674. The van der Waals surface area contributed by atoms with Gasteiger partial charge in [-0.2, -0.15) is 0 Å². The summed E-state index contributed by atoms with van der Waals surface area (Å²) in [5.41, 5.74) is 2.14. The molecule has 0 heterocycles. The second-order valence-corrected chi connectivity index (χ2v) is 21.9. The summed E-state index contributed by atoms with van der Waals surface area (Å²) in [4.78, 5) is 0. The lowest BCUT2D eigenvalue weighted by atomic mass is 9.70. The van der Waals surface area contributed by atoms with Crippen molar-refractivity contribution in [2.75, 3.05) is 13.2 Å². The summed E-state index contributed by atoms with van der Waals surface area (Å²) in [7, 11) is -2.97. The highest BCUT2D eigenvalue weighted by atomic mass is 28.4. The van der Waals surface area contributed by atoms with Gasteiger partial charge in [0, 0.05) is 26.1 Å². The van der Waals surface area contributed by atoms with E-state index >= 15 is 0 Å². The van der Waals surface area contributed by atoms with Gasteiger partial charge in [-0.3, -0.25) is 0 Å². The molecule has 0 radical (unpaired) electrons. The summed E-state index contributed by atoms with van der Waals surface area (Å²) in [5, 5.41) is 28.8. The monoisotopic (exact) mass is 466 g/mol. The number of aliphatic hydroxyl groups excluding tert-OH is 1. The maximum Gasteiger partial charge on any atom is 0.191 e. The molecule has 0 aromatic heterocycles. The first-order valence-corrected chi connectivity index (χ1v) is 18.0. The summed E-state index contributed by atoms with van der Waals surface area (Å²) in [5.74, 6) is 6.43. The van der Waals surface area contributed by atoms with Crippen molar-refractivity contribution in [1.29, 1.82) is 0 Å². The van der Waals surface area contributed by atoms with Crippen LogP contribution in [0.2, 0.25) is 37.8 Å². The summed E-state index contributed by atoms with van der Waals surface area (Å²) < 4.78 is 6.25. The number of terminal acetylenes is 1. The highest BCUT2D eigenvalue weighted by Crippen LogP contribution is 2.43. The molecule has 2 fully saturated rings. The molecule has 0 aromatic rings. The van der Waals surface area contributed by atoms with Crippen LogP contribution in [0.5, 0.6) is 0 Å². The largest absolute Gasteiger partial charge is 0.417 e. The molecule has 0 amide bonds. The van der Waals surface area contributed by atoms with E-state index in [4.69, 9.17) is 16.0 Å². The van der Waals surface area contributed by atoms with E-state index in [2.05, 4.69) is 70.9 Å². The topological polar surface area (TPSA) is 69.9 Å². The quantitative estimate of drug-likeness (QED) is 0.396. The molecular formula is C25H46O4Si2. The molecule has 2 rings (SSSR count). The summed E-state index contributed by atoms with van der Waals surface area (Å²) in [6.07, 6.45) is 9.11. The fourth-order valence-corrected chi connectivity index (χ4v) is 5.48. The van der Waals surface area contributed by atoms with Crippen molar-refractivity contribution in [3.63, 3.8) is 0 Å². The number of hydrogen-bond acceptors (Lipinski definition) is 4. The van der Waals surface area contributed by atoms with Crippen LogP contribution in [0.4, 0.5) is 0 Å². The van der Waals surface area contributed by atoms with E-state index in [0.717, 1.165) is 19.4 Å². The molecule has 0 spiro atoms. The lowest BCUT2D eigenvalue weighted by molar-refractivity contribution is -0.0829. The predicted octanol–water partition coefficient (Wildman–Crippen LogP) is 4.56. The molecule has 2 aliphatic rings. The number of hydrogen-bond donors (Lipinski definition) is 3. The van der Waals surface area contributed by atoms with Gasteiger partial charge in [0.2, 0.25) is 0 Å². The van der Waals surface area contributed by atoms with Gasteiger partial charge in [-0.15, -0.1) is 23.8 Å². The second kappa shape index (κ2) is 10.6. The molecule has 0 aliphatic heterocycles. The minimum atomic E-state index is -1.65. The van der Waals surface area contributed by atoms with Crippen molar-refractivity contribution in [3.05, 3.63) is 0 Å². The Kier molecular flexibility index (Phi) is 9.67. The zero-order chi connectivity index (χ0) is 24.1. The Hall–Kier alpha value is -0.606. The zero-order valence-corrected chi connectivity index (χ0v) is 23.1. The van der Waals surface area contributed by atoms with Crippen LogP contribution in [0, 0.1) is 35.6 Å². The third kappa shape index (κ3) is 9.42. The van der Waals surface area contributed by atoms with E-state index in [1.165, 1.54) is 0 Å². The van der Waals surface area contributed by atoms with E-state index in [1.807, 2.05) is 0 Å². The van der Waals surface area contributed by atoms with Gasteiger partial charge in [0.05, 0.1) is 11.2 Å². The lowest BCUT2D eigenvalue weighted by Crippen LogP contribution is -2.48. The van der Waals surface area contributed by atoms with Gasteiger partial charge in [0.25, 0.3) is 0 Å². The minimum Gasteiger partial charge on any atom is -0.417 e. The third-order valence-corrected chi connectivity index (χ3v) is 12.2. The number of aliphatic hydroxyl groups is 3. The van der Waals surface area contributed by atoms with E-state index in [1.54, 1.807) is 0 Å². The van der Waals surface area contributed by atoms with Crippen molar-refractivity contribution in [2.45, 2.75) is 108 Å². The van der Waals surface area contributed by atoms with Gasteiger partial charge in [0.15, 0.2) is 8.32 Å². The Morgan fingerprint density at radius 2 is 1.42 bits per heavy atom. The fourth-order valence-electron chi connectivity index (χ4n) is 3.77. The maximum absolute atomic E-state index is 10.4.